The highest BCUT2D eigenvalue weighted by molar-refractivity contribution is 7.98. The number of allylic oxidation sites excluding steroid dienone is 1. The number of thiophene rings is 1. The summed E-state index contributed by atoms with van der Waals surface area (Å²) in [7, 11) is 0. The second kappa shape index (κ2) is 8.54. The maximum absolute atomic E-state index is 12.7. The Balaban J connectivity index is 1.97. The molecular weight excluding hydrogens is 380 g/mol. The molecule has 0 saturated carbocycles. The monoisotopic (exact) mass is 400 g/mol. The van der Waals surface area contributed by atoms with E-state index in [1.807, 2.05) is 24.4 Å². The van der Waals surface area contributed by atoms with E-state index < -0.39 is 0 Å². The van der Waals surface area contributed by atoms with E-state index in [-0.39, 0.29) is 11.3 Å². The van der Waals surface area contributed by atoms with Gasteiger partial charge in [0.25, 0.3) is 5.56 Å². The van der Waals surface area contributed by atoms with E-state index in [0.717, 1.165) is 16.1 Å². The first-order valence-corrected chi connectivity index (χ1v) is 10.4. The van der Waals surface area contributed by atoms with Gasteiger partial charge in [-0.2, -0.15) is 0 Å². The molecule has 1 aromatic carbocycles. The topological polar surface area (TPSA) is 61.2 Å². The SMILES string of the molecule is C=CCn1c(SCc2cc(C(C)=O)ccc2OCC)nc2sccc2c1=O. The summed E-state index contributed by atoms with van der Waals surface area (Å²) in [4.78, 5) is 29.8. The molecule has 27 heavy (non-hydrogen) atoms. The number of hydrogen-bond donors (Lipinski definition) is 0. The Labute approximate surface area is 165 Å². The van der Waals surface area contributed by atoms with Crippen LogP contribution in [-0.4, -0.2) is 21.9 Å². The summed E-state index contributed by atoms with van der Waals surface area (Å²) in [6.07, 6.45) is 1.69. The van der Waals surface area contributed by atoms with Crippen molar-refractivity contribution >= 4 is 39.1 Å². The fourth-order valence-electron chi connectivity index (χ4n) is 2.68. The van der Waals surface area contributed by atoms with Gasteiger partial charge in [0.05, 0.1) is 12.0 Å². The van der Waals surface area contributed by atoms with Gasteiger partial charge in [-0.3, -0.25) is 14.2 Å². The van der Waals surface area contributed by atoms with Crippen LogP contribution in [0.15, 0.2) is 52.3 Å². The van der Waals surface area contributed by atoms with Gasteiger partial charge in [-0.05, 0) is 43.5 Å². The van der Waals surface area contributed by atoms with Crippen LogP contribution in [-0.2, 0) is 12.3 Å². The van der Waals surface area contributed by atoms with Crippen molar-refractivity contribution in [2.75, 3.05) is 6.61 Å². The molecule has 0 bridgehead atoms. The van der Waals surface area contributed by atoms with Gasteiger partial charge in [-0.1, -0.05) is 17.8 Å². The highest BCUT2D eigenvalue weighted by atomic mass is 32.2. The number of aromatic nitrogens is 2. The van der Waals surface area contributed by atoms with Crippen molar-refractivity contribution in [2.24, 2.45) is 0 Å². The zero-order valence-electron chi connectivity index (χ0n) is 15.2. The highest BCUT2D eigenvalue weighted by Crippen LogP contribution is 2.29. The third-order valence-electron chi connectivity index (χ3n) is 3.98. The number of thioether (sulfide) groups is 1. The minimum atomic E-state index is -0.0637. The van der Waals surface area contributed by atoms with E-state index in [4.69, 9.17) is 4.74 Å². The van der Waals surface area contributed by atoms with Crippen molar-refractivity contribution in [1.29, 1.82) is 0 Å². The molecule has 0 N–H and O–H groups in total. The molecule has 0 aliphatic heterocycles. The first-order chi connectivity index (χ1) is 13.0. The van der Waals surface area contributed by atoms with Crippen molar-refractivity contribution in [2.45, 2.75) is 31.3 Å². The average molecular weight is 401 g/mol. The zero-order valence-corrected chi connectivity index (χ0v) is 16.9. The van der Waals surface area contributed by atoms with Crippen LogP contribution in [0.2, 0.25) is 0 Å². The van der Waals surface area contributed by atoms with E-state index >= 15 is 0 Å². The highest BCUT2D eigenvalue weighted by Gasteiger charge is 2.14. The minimum absolute atomic E-state index is 0.00555. The lowest BCUT2D eigenvalue weighted by Gasteiger charge is -2.13. The van der Waals surface area contributed by atoms with Crippen LogP contribution in [0, 0.1) is 0 Å². The molecule has 0 radical (unpaired) electrons. The van der Waals surface area contributed by atoms with Gasteiger partial charge in [0, 0.05) is 23.4 Å². The Morgan fingerprint density at radius 3 is 2.93 bits per heavy atom. The van der Waals surface area contributed by atoms with Crippen LogP contribution < -0.4 is 10.3 Å². The molecule has 3 rings (SSSR count). The quantitative estimate of drug-likeness (QED) is 0.240. The van der Waals surface area contributed by atoms with E-state index in [9.17, 15) is 9.59 Å². The Hall–Kier alpha value is -2.38. The lowest BCUT2D eigenvalue weighted by atomic mass is 10.1. The predicted octanol–water partition coefficient (Wildman–Crippen LogP) is 4.54. The van der Waals surface area contributed by atoms with Crippen LogP contribution in [0.5, 0.6) is 5.75 Å². The number of benzene rings is 1. The number of ether oxygens (including phenoxy) is 1. The third-order valence-corrected chi connectivity index (χ3v) is 5.82. The van der Waals surface area contributed by atoms with Crippen LogP contribution in [0.1, 0.15) is 29.8 Å². The summed E-state index contributed by atoms with van der Waals surface area (Å²) < 4.78 is 7.32. The normalized spacial score (nSPS) is 10.9. The summed E-state index contributed by atoms with van der Waals surface area (Å²) >= 11 is 2.90. The summed E-state index contributed by atoms with van der Waals surface area (Å²) in [5.74, 6) is 1.28. The molecule has 0 amide bonds. The number of ketones is 1. The number of fused-ring (bicyclic) bond motifs is 1. The Morgan fingerprint density at radius 2 is 2.22 bits per heavy atom. The molecule has 7 heteroatoms. The number of carbonyl (C=O) groups excluding carboxylic acids is 1. The van der Waals surface area contributed by atoms with Crippen molar-refractivity contribution in [1.82, 2.24) is 9.55 Å². The van der Waals surface area contributed by atoms with Crippen LogP contribution in [0.25, 0.3) is 10.2 Å². The molecule has 0 aliphatic rings. The molecule has 5 nitrogen and oxygen atoms in total. The Morgan fingerprint density at radius 1 is 1.41 bits per heavy atom. The van der Waals surface area contributed by atoms with E-state index in [1.165, 1.54) is 23.1 Å². The number of hydrogen-bond acceptors (Lipinski definition) is 6. The summed E-state index contributed by atoms with van der Waals surface area (Å²) in [6.45, 7) is 8.14. The zero-order chi connectivity index (χ0) is 19.4. The smallest absolute Gasteiger partial charge is 0.263 e. The van der Waals surface area contributed by atoms with Gasteiger partial charge in [0.15, 0.2) is 10.9 Å². The van der Waals surface area contributed by atoms with Crippen molar-refractivity contribution < 1.29 is 9.53 Å². The van der Waals surface area contributed by atoms with Gasteiger partial charge >= 0.3 is 0 Å². The van der Waals surface area contributed by atoms with Gasteiger partial charge in [-0.25, -0.2) is 4.98 Å². The van der Waals surface area contributed by atoms with Crippen LogP contribution in [0.4, 0.5) is 0 Å². The second-order valence-corrected chi connectivity index (χ2v) is 7.68. The standard InChI is InChI=1S/C20H20N2O3S2/c1-4-9-22-19(24)16-8-10-26-18(16)21-20(22)27-12-15-11-14(13(3)23)6-7-17(15)25-5-2/h4,6-8,10-11H,1,5,9,12H2,2-3H3. The van der Waals surface area contributed by atoms with Gasteiger partial charge in [-0.15, -0.1) is 17.9 Å². The summed E-state index contributed by atoms with van der Waals surface area (Å²) in [5, 5.41) is 3.13. The fourth-order valence-corrected chi connectivity index (χ4v) is 4.47. The fraction of sp³-hybridized carbons (Fsp3) is 0.250. The minimum Gasteiger partial charge on any atom is -0.494 e. The molecule has 0 saturated heterocycles. The van der Waals surface area contributed by atoms with Crippen molar-refractivity contribution in [3.63, 3.8) is 0 Å². The number of Topliss-reactive ketones (excluding diaryl/α,β-unsaturated/α-hetero) is 1. The summed E-state index contributed by atoms with van der Waals surface area (Å²) in [5.41, 5.74) is 1.48. The van der Waals surface area contributed by atoms with Crippen molar-refractivity contribution in [3.8, 4) is 5.75 Å². The molecule has 0 spiro atoms. The maximum atomic E-state index is 12.7. The first-order valence-electron chi connectivity index (χ1n) is 8.53. The molecule has 3 aromatic rings. The largest absolute Gasteiger partial charge is 0.494 e. The van der Waals surface area contributed by atoms with E-state index in [2.05, 4.69) is 11.6 Å². The molecule has 0 aliphatic carbocycles. The molecule has 140 valence electrons. The van der Waals surface area contributed by atoms with Gasteiger partial charge < -0.3 is 4.74 Å². The first kappa shape index (κ1) is 19.4. The lowest BCUT2D eigenvalue weighted by Crippen LogP contribution is -2.22. The average Bonchev–Trinajstić information content (AvgIpc) is 3.12. The number of nitrogens with zero attached hydrogens (tertiary/aromatic N) is 2. The number of rotatable bonds is 8. The Kier molecular flexibility index (Phi) is 6.13. The van der Waals surface area contributed by atoms with Gasteiger partial charge in [0.1, 0.15) is 10.6 Å². The maximum Gasteiger partial charge on any atom is 0.263 e. The molecule has 0 fully saturated rings. The Bertz CT molecular complexity index is 1050. The molecule has 2 aromatic heterocycles. The molecule has 0 atom stereocenters. The number of carbonyl (C=O) groups is 1. The van der Waals surface area contributed by atoms with E-state index in [0.29, 0.717) is 35.0 Å². The molecule has 2 heterocycles. The lowest BCUT2D eigenvalue weighted by molar-refractivity contribution is 0.101. The second-order valence-electron chi connectivity index (χ2n) is 5.84. The van der Waals surface area contributed by atoms with Gasteiger partial charge in [0.2, 0.25) is 0 Å². The van der Waals surface area contributed by atoms with Crippen molar-refractivity contribution in [3.05, 3.63) is 63.8 Å². The van der Waals surface area contributed by atoms with E-state index in [1.54, 1.807) is 29.7 Å². The van der Waals surface area contributed by atoms with Crippen LogP contribution in [0.3, 0.4) is 0 Å². The summed E-state index contributed by atoms with van der Waals surface area (Å²) in [6, 6.07) is 7.24. The third kappa shape index (κ3) is 4.14. The molecular formula is C20H20N2O3S2. The van der Waals surface area contributed by atoms with Crippen LogP contribution >= 0.6 is 23.1 Å². The predicted molar refractivity (Wildman–Crippen MR) is 111 cm³/mol. The molecule has 0 unspecified atom stereocenters.